The van der Waals surface area contributed by atoms with Crippen LogP contribution >= 0.6 is 0 Å². The fourth-order valence-electron chi connectivity index (χ4n) is 3.55. The Morgan fingerprint density at radius 2 is 1.80 bits per heavy atom. The average molecular weight is 431 g/mol. The summed E-state index contributed by atoms with van der Waals surface area (Å²) in [6.07, 6.45) is 5.93. The van der Waals surface area contributed by atoms with Gasteiger partial charge in [0.25, 0.3) is 0 Å². The van der Waals surface area contributed by atoms with E-state index in [9.17, 15) is 13.2 Å². The Balaban J connectivity index is 1.51. The van der Waals surface area contributed by atoms with E-state index in [4.69, 9.17) is 4.74 Å². The first-order chi connectivity index (χ1) is 14.3. The molecule has 1 fully saturated rings. The van der Waals surface area contributed by atoms with Crippen molar-refractivity contribution in [3.8, 4) is 5.75 Å². The Hall–Kier alpha value is -2.38. The number of sulfonamides is 1. The van der Waals surface area contributed by atoms with Crippen LogP contribution in [0.25, 0.3) is 0 Å². The van der Waals surface area contributed by atoms with E-state index in [0.717, 1.165) is 24.2 Å². The second-order valence-electron chi connectivity index (χ2n) is 8.02. The van der Waals surface area contributed by atoms with Crippen LogP contribution in [0, 0.1) is 0 Å². The number of amides is 1. The summed E-state index contributed by atoms with van der Waals surface area (Å²) in [6, 6.07) is 13.9. The zero-order valence-electron chi connectivity index (χ0n) is 17.6. The first kappa shape index (κ1) is 22.3. The summed E-state index contributed by atoms with van der Waals surface area (Å²) in [4.78, 5) is 12.5. The van der Waals surface area contributed by atoms with Crippen LogP contribution in [0.1, 0.15) is 51.5 Å². The van der Waals surface area contributed by atoms with Crippen molar-refractivity contribution < 1.29 is 17.9 Å². The number of rotatable bonds is 9. The van der Waals surface area contributed by atoms with E-state index >= 15 is 0 Å². The quantitative estimate of drug-likeness (QED) is 0.622. The van der Waals surface area contributed by atoms with Gasteiger partial charge in [-0.15, -0.1) is 0 Å². The minimum atomic E-state index is -3.54. The van der Waals surface area contributed by atoms with Crippen molar-refractivity contribution in [2.75, 3.05) is 5.32 Å². The van der Waals surface area contributed by atoms with E-state index in [0.29, 0.717) is 24.6 Å². The van der Waals surface area contributed by atoms with Gasteiger partial charge in [0.1, 0.15) is 5.75 Å². The molecule has 0 spiro atoms. The maximum Gasteiger partial charge on any atom is 0.240 e. The second-order valence-corrected chi connectivity index (χ2v) is 9.73. The zero-order valence-corrected chi connectivity index (χ0v) is 18.4. The van der Waals surface area contributed by atoms with Gasteiger partial charge in [0.2, 0.25) is 15.9 Å². The molecule has 2 aromatic rings. The molecule has 3 rings (SSSR count). The van der Waals surface area contributed by atoms with Gasteiger partial charge in [0.15, 0.2) is 0 Å². The molecule has 0 heterocycles. The number of carbonyl (C=O) groups is 1. The molecule has 162 valence electrons. The number of ether oxygens (including phenoxy) is 1. The molecule has 2 aromatic carbocycles. The van der Waals surface area contributed by atoms with Crippen molar-refractivity contribution in [2.45, 2.75) is 69.4 Å². The summed E-state index contributed by atoms with van der Waals surface area (Å²) in [7, 11) is -3.54. The van der Waals surface area contributed by atoms with Gasteiger partial charge >= 0.3 is 0 Å². The zero-order chi connectivity index (χ0) is 21.6. The number of aryl methyl sites for hydroxylation is 1. The fraction of sp³-hybridized carbons (Fsp3) is 0.435. The third-order valence-electron chi connectivity index (χ3n) is 4.98. The predicted molar refractivity (Wildman–Crippen MR) is 118 cm³/mol. The summed E-state index contributed by atoms with van der Waals surface area (Å²) in [5, 5.41) is 2.82. The van der Waals surface area contributed by atoms with Crippen LogP contribution in [0.4, 0.5) is 5.69 Å². The van der Waals surface area contributed by atoms with Gasteiger partial charge < -0.3 is 10.1 Å². The predicted octanol–water partition coefficient (Wildman–Crippen LogP) is 4.27. The number of nitrogens with one attached hydrogen (secondary N) is 2. The lowest BCUT2D eigenvalue weighted by atomic mass is 10.1. The van der Waals surface area contributed by atoms with E-state index in [1.807, 2.05) is 24.3 Å². The van der Waals surface area contributed by atoms with Crippen LogP contribution in [0.3, 0.4) is 0 Å². The first-order valence-electron chi connectivity index (χ1n) is 10.5. The topological polar surface area (TPSA) is 84.5 Å². The number of carbonyl (C=O) groups excluding carboxylic acids is 1. The molecule has 0 unspecified atom stereocenters. The standard InChI is InChI=1S/C23H30N2O4S/c1-17(2)25-30(27,28)22-13-11-19(12-14-22)24-23(26)15-10-18-6-5-9-21(16-18)29-20-7-3-4-8-20/h5-6,9,11-14,16-17,20,25H,3-4,7-8,10,15H2,1-2H3,(H,24,26). The van der Waals surface area contributed by atoms with Crippen molar-refractivity contribution >= 4 is 21.6 Å². The second kappa shape index (κ2) is 10.1. The first-order valence-corrected chi connectivity index (χ1v) is 12.0. The molecule has 0 saturated heterocycles. The molecule has 0 radical (unpaired) electrons. The van der Waals surface area contributed by atoms with Crippen LogP contribution in [0.15, 0.2) is 53.4 Å². The molecule has 1 aliphatic carbocycles. The van der Waals surface area contributed by atoms with Crippen molar-refractivity contribution in [3.63, 3.8) is 0 Å². The number of anilines is 1. The van der Waals surface area contributed by atoms with Crippen molar-refractivity contribution in [1.29, 1.82) is 0 Å². The monoisotopic (exact) mass is 430 g/mol. The molecule has 0 bridgehead atoms. The summed E-state index contributed by atoms with van der Waals surface area (Å²) in [5.74, 6) is 0.750. The van der Waals surface area contributed by atoms with E-state index < -0.39 is 10.0 Å². The lowest BCUT2D eigenvalue weighted by Gasteiger charge is -2.14. The minimum absolute atomic E-state index is 0.118. The number of benzene rings is 2. The van der Waals surface area contributed by atoms with Gasteiger partial charge in [-0.05, 0) is 87.9 Å². The molecule has 2 N–H and O–H groups in total. The molecule has 0 atom stereocenters. The number of hydrogen-bond donors (Lipinski definition) is 2. The van der Waals surface area contributed by atoms with E-state index in [1.54, 1.807) is 26.0 Å². The van der Waals surface area contributed by atoms with Crippen molar-refractivity contribution in [3.05, 3.63) is 54.1 Å². The third-order valence-corrected chi connectivity index (χ3v) is 6.66. The van der Waals surface area contributed by atoms with Crippen LogP contribution < -0.4 is 14.8 Å². The van der Waals surface area contributed by atoms with Gasteiger partial charge in [-0.1, -0.05) is 12.1 Å². The molecule has 6 nitrogen and oxygen atoms in total. The Labute approximate surface area is 179 Å². The molecular weight excluding hydrogens is 400 g/mol. The molecule has 7 heteroatoms. The highest BCUT2D eigenvalue weighted by atomic mass is 32.2. The summed E-state index contributed by atoms with van der Waals surface area (Å²) >= 11 is 0. The van der Waals surface area contributed by atoms with Gasteiger partial charge in [-0.2, -0.15) is 0 Å². The molecule has 0 aliphatic heterocycles. The lowest BCUT2D eigenvalue weighted by molar-refractivity contribution is -0.116. The molecule has 1 amide bonds. The van der Waals surface area contributed by atoms with Crippen LogP contribution in [0.2, 0.25) is 0 Å². The molecule has 1 aliphatic rings. The smallest absolute Gasteiger partial charge is 0.240 e. The molecule has 0 aromatic heterocycles. The molecule has 30 heavy (non-hydrogen) atoms. The van der Waals surface area contributed by atoms with Gasteiger partial charge in [-0.3, -0.25) is 4.79 Å². The Bertz CT molecular complexity index is 949. The maximum atomic E-state index is 12.3. The highest BCUT2D eigenvalue weighted by Crippen LogP contribution is 2.25. The summed E-state index contributed by atoms with van der Waals surface area (Å²) < 4.78 is 32.9. The Morgan fingerprint density at radius 3 is 2.47 bits per heavy atom. The Kier molecular flexibility index (Phi) is 7.50. The van der Waals surface area contributed by atoms with Crippen LogP contribution in [-0.2, 0) is 21.2 Å². The van der Waals surface area contributed by atoms with Crippen molar-refractivity contribution in [1.82, 2.24) is 4.72 Å². The summed E-state index contributed by atoms with van der Waals surface area (Å²) in [5.41, 5.74) is 1.63. The Morgan fingerprint density at radius 1 is 1.10 bits per heavy atom. The fourth-order valence-corrected chi connectivity index (χ4v) is 4.80. The molecule has 1 saturated carbocycles. The lowest BCUT2D eigenvalue weighted by Crippen LogP contribution is -2.30. The largest absolute Gasteiger partial charge is 0.490 e. The van der Waals surface area contributed by atoms with E-state index in [1.165, 1.54) is 25.0 Å². The SMILES string of the molecule is CC(C)NS(=O)(=O)c1ccc(NC(=O)CCc2cccc(OC3CCCC3)c2)cc1. The minimum Gasteiger partial charge on any atom is -0.490 e. The van der Waals surface area contributed by atoms with Gasteiger partial charge in [0.05, 0.1) is 11.0 Å². The van der Waals surface area contributed by atoms with E-state index in [-0.39, 0.29) is 16.8 Å². The number of hydrogen-bond acceptors (Lipinski definition) is 4. The van der Waals surface area contributed by atoms with Gasteiger partial charge in [0, 0.05) is 18.2 Å². The third kappa shape index (κ3) is 6.57. The van der Waals surface area contributed by atoms with Crippen LogP contribution in [-0.4, -0.2) is 26.5 Å². The van der Waals surface area contributed by atoms with E-state index in [2.05, 4.69) is 10.0 Å². The molecular formula is C23H30N2O4S. The highest BCUT2D eigenvalue weighted by molar-refractivity contribution is 7.89. The maximum absolute atomic E-state index is 12.3. The summed E-state index contributed by atoms with van der Waals surface area (Å²) in [6.45, 7) is 3.53. The average Bonchev–Trinajstić information content (AvgIpc) is 3.19. The highest BCUT2D eigenvalue weighted by Gasteiger charge is 2.17. The van der Waals surface area contributed by atoms with Gasteiger partial charge in [-0.25, -0.2) is 13.1 Å². The van der Waals surface area contributed by atoms with Crippen molar-refractivity contribution in [2.24, 2.45) is 0 Å². The van der Waals surface area contributed by atoms with Crippen LogP contribution in [0.5, 0.6) is 5.75 Å². The normalized spacial score (nSPS) is 14.8.